The van der Waals surface area contributed by atoms with Gasteiger partial charge in [0, 0.05) is 38.6 Å². The van der Waals surface area contributed by atoms with Crippen LogP contribution in [-0.2, 0) is 0 Å². The maximum absolute atomic E-state index is 13.9. The third-order valence-electron chi connectivity index (χ3n) is 3.78. The Hall–Kier alpha value is -2.36. The third kappa shape index (κ3) is 3.58. The van der Waals surface area contributed by atoms with Crippen molar-refractivity contribution in [2.75, 3.05) is 37.0 Å². The lowest BCUT2D eigenvalue weighted by atomic mass is 10.2. The molecule has 2 aromatic rings. The highest BCUT2D eigenvalue weighted by Gasteiger charge is 2.33. The van der Waals surface area contributed by atoms with Gasteiger partial charge in [-0.1, -0.05) is 4.49 Å². The fraction of sp³-hybridized carbons (Fsp3) is 0.500. The first-order valence-electron chi connectivity index (χ1n) is 7.51. The number of carbonyl (C=O) groups excluding carboxylic acids is 1. The molecule has 3 heterocycles. The van der Waals surface area contributed by atoms with E-state index in [0.717, 1.165) is 11.5 Å². The highest BCUT2D eigenvalue weighted by atomic mass is 32.1. The smallest absolute Gasteiger partial charge is 0.272 e. The first-order chi connectivity index (χ1) is 11.5. The first kappa shape index (κ1) is 16.5. The Morgan fingerprint density at radius 1 is 1.54 bits per heavy atom. The topological polar surface area (TPSA) is 87.1 Å². The van der Waals surface area contributed by atoms with Gasteiger partial charge in [-0.15, -0.1) is 5.10 Å². The van der Waals surface area contributed by atoms with E-state index in [1.807, 2.05) is 19.0 Å². The van der Waals surface area contributed by atoms with Crippen LogP contribution in [0.25, 0.3) is 0 Å². The summed E-state index contributed by atoms with van der Waals surface area (Å²) in [5.41, 5.74) is 0.276. The van der Waals surface area contributed by atoms with Crippen molar-refractivity contribution >= 4 is 29.2 Å². The second-order valence-electron chi connectivity index (χ2n) is 5.75. The molecule has 24 heavy (non-hydrogen) atoms. The predicted molar refractivity (Wildman–Crippen MR) is 89.2 cm³/mol. The average molecular weight is 351 g/mol. The highest BCUT2D eigenvalue weighted by Crippen LogP contribution is 2.26. The lowest BCUT2D eigenvalue weighted by Gasteiger charge is -2.26. The predicted octanol–water partition coefficient (Wildman–Crippen LogP) is 0.741. The number of carbonyl (C=O) groups is 1. The van der Waals surface area contributed by atoms with Crippen molar-refractivity contribution < 1.29 is 9.18 Å². The molecule has 1 aliphatic heterocycles. The van der Waals surface area contributed by atoms with Gasteiger partial charge in [0.05, 0.1) is 12.6 Å². The van der Waals surface area contributed by atoms with Gasteiger partial charge in [-0.3, -0.25) is 4.79 Å². The monoisotopic (exact) mass is 351 g/mol. The summed E-state index contributed by atoms with van der Waals surface area (Å²) in [5.74, 6) is 0.914. The Morgan fingerprint density at radius 3 is 3.08 bits per heavy atom. The van der Waals surface area contributed by atoms with Crippen molar-refractivity contribution in [2.45, 2.75) is 18.6 Å². The number of rotatable bonds is 5. The van der Waals surface area contributed by atoms with Crippen LogP contribution in [0.5, 0.6) is 0 Å². The van der Waals surface area contributed by atoms with E-state index in [9.17, 15) is 9.18 Å². The van der Waals surface area contributed by atoms with E-state index in [4.69, 9.17) is 0 Å². The van der Waals surface area contributed by atoms with Crippen LogP contribution in [-0.4, -0.2) is 64.9 Å². The second kappa shape index (κ2) is 7.04. The molecule has 0 radical (unpaired) electrons. The van der Waals surface area contributed by atoms with Gasteiger partial charge in [-0.2, -0.15) is 4.98 Å². The minimum absolute atomic E-state index is 0.166. The summed E-state index contributed by atoms with van der Waals surface area (Å²) in [5, 5.41) is 8.09. The maximum atomic E-state index is 13.9. The normalized spacial score (nSPS) is 20.2. The standard InChI is InChI=1S/C14H18FN7OS/c1-21(2)14-16-4-3-12(18-14)22-7-9(15)5-10(22)6-17-13(23)11-8-24-20-19-11/h3-4,8-10H,5-7H2,1-2H3,(H,17,23)/t9-,10-/m0/s1. The van der Waals surface area contributed by atoms with Crippen LogP contribution in [0.2, 0.25) is 0 Å². The van der Waals surface area contributed by atoms with Crippen molar-refractivity contribution in [3.63, 3.8) is 0 Å². The zero-order chi connectivity index (χ0) is 17.1. The lowest BCUT2D eigenvalue weighted by molar-refractivity contribution is 0.0946. The van der Waals surface area contributed by atoms with Crippen LogP contribution in [0, 0.1) is 0 Å². The average Bonchev–Trinajstić information content (AvgIpc) is 3.22. The summed E-state index contributed by atoms with van der Waals surface area (Å²) in [4.78, 5) is 24.3. The van der Waals surface area contributed by atoms with E-state index in [2.05, 4.69) is 24.9 Å². The Kier molecular flexibility index (Phi) is 4.84. The largest absolute Gasteiger partial charge is 0.349 e. The molecule has 0 aliphatic carbocycles. The second-order valence-corrected chi connectivity index (χ2v) is 6.36. The van der Waals surface area contributed by atoms with Gasteiger partial charge < -0.3 is 15.1 Å². The summed E-state index contributed by atoms with van der Waals surface area (Å²) in [6.07, 6.45) is 1.04. The minimum atomic E-state index is -0.953. The van der Waals surface area contributed by atoms with Gasteiger partial charge in [0.1, 0.15) is 12.0 Å². The van der Waals surface area contributed by atoms with E-state index in [1.54, 1.807) is 22.5 Å². The molecule has 3 rings (SSSR count). The maximum Gasteiger partial charge on any atom is 0.272 e. The summed E-state index contributed by atoms with van der Waals surface area (Å²) >= 11 is 1.11. The fourth-order valence-corrected chi connectivity index (χ4v) is 3.05. The molecule has 0 spiro atoms. The number of nitrogens with zero attached hydrogens (tertiary/aromatic N) is 6. The summed E-state index contributed by atoms with van der Waals surface area (Å²) < 4.78 is 17.6. The van der Waals surface area contributed by atoms with Crippen LogP contribution in [0.3, 0.4) is 0 Å². The van der Waals surface area contributed by atoms with Crippen molar-refractivity contribution in [3.05, 3.63) is 23.3 Å². The van der Waals surface area contributed by atoms with Gasteiger partial charge in [0.25, 0.3) is 5.91 Å². The summed E-state index contributed by atoms with van der Waals surface area (Å²) in [6, 6.07) is 1.59. The molecule has 128 valence electrons. The Labute approximate surface area is 142 Å². The zero-order valence-corrected chi connectivity index (χ0v) is 14.2. The van der Waals surface area contributed by atoms with Crippen LogP contribution in [0.15, 0.2) is 17.6 Å². The van der Waals surface area contributed by atoms with E-state index < -0.39 is 6.17 Å². The number of nitrogens with one attached hydrogen (secondary N) is 1. The van der Waals surface area contributed by atoms with Crippen LogP contribution < -0.4 is 15.1 Å². The van der Waals surface area contributed by atoms with Crippen LogP contribution in [0.4, 0.5) is 16.2 Å². The SMILES string of the molecule is CN(C)c1nccc(N2C[C@@H](F)C[C@H]2CNC(=O)c2csnn2)n1. The third-order valence-corrected chi connectivity index (χ3v) is 4.28. The van der Waals surface area contributed by atoms with Gasteiger partial charge in [-0.25, -0.2) is 9.37 Å². The summed E-state index contributed by atoms with van der Waals surface area (Å²) in [6.45, 7) is 0.570. The van der Waals surface area contributed by atoms with Gasteiger partial charge >= 0.3 is 0 Å². The number of hydrogen-bond donors (Lipinski definition) is 1. The number of hydrogen-bond acceptors (Lipinski definition) is 8. The molecule has 10 heteroatoms. The van der Waals surface area contributed by atoms with Crippen LogP contribution >= 0.6 is 11.5 Å². The number of aromatic nitrogens is 4. The van der Waals surface area contributed by atoms with E-state index in [1.165, 1.54) is 0 Å². The van der Waals surface area contributed by atoms with E-state index >= 15 is 0 Å². The summed E-state index contributed by atoms with van der Waals surface area (Å²) in [7, 11) is 3.70. The molecule has 1 N–H and O–H groups in total. The molecule has 1 aliphatic rings. The molecule has 1 saturated heterocycles. The van der Waals surface area contributed by atoms with Gasteiger partial charge in [0.15, 0.2) is 5.69 Å². The minimum Gasteiger partial charge on any atom is -0.349 e. The van der Waals surface area contributed by atoms with Crippen molar-refractivity contribution in [3.8, 4) is 0 Å². The lowest BCUT2D eigenvalue weighted by Crippen LogP contribution is -2.40. The number of amides is 1. The fourth-order valence-electron chi connectivity index (χ4n) is 2.61. The quantitative estimate of drug-likeness (QED) is 0.850. The van der Waals surface area contributed by atoms with E-state index in [0.29, 0.717) is 24.7 Å². The molecular weight excluding hydrogens is 333 g/mol. The van der Waals surface area contributed by atoms with Crippen molar-refractivity contribution in [2.24, 2.45) is 0 Å². The number of alkyl halides is 1. The number of halogens is 1. The van der Waals surface area contributed by atoms with Crippen molar-refractivity contribution in [1.29, 1.82) is 0 Å². The van der Waals surface area contributed by atoms with Gasteiger partial charge in [0.2, 0.25) is 5.95 Å². The molecule has 1 amide bonds. The molecule has 1 fully saturated rings. The van der Waals surface area contributed by atoms with Gasteiger partial charge in [-0.05, 0) is 17.6 Å². The highest BCUT2D eigenvalue weighted by molar-refractivity contribution is 7.03. The van der Waals surface area contributed by atoms with Crippen molar-refractivity contribution in [1.82, 2.24) is 24.9 Å². The Bertz CT molecular complexity index is 696. The Morgan fingerprint density at radius 2 is 2.38 bits per heavy atom. The molecule has 0 bridgehead atoms. The van der Waals surface area contributed by atoms with Crippen LogP contribution in [0.1, 0.15) is 16.9 Å². The first-order valence-corrected chi connectivity index (χ1v) is 8.34. The zero-order valence-electron chi connectivity index (χ0n) is 13.4. The molecular formula is C14H18FN7OS. The number of anilines is 2. The molecule has 2 aromatic heterocycles. The Balaban J connectivity index is 1.70. The van der Waals surface area contributed by atoms with E-state index in [-0.39, 0.29) is 24.2 Å². The molecule has 2 atom stereocenters. The molecule has 0 unspecified atom stereocenters. The molecule has 0 saturated carbocycles. The molecule has 0 aromatic carbocycles. The molecule has 8 nitrogen and oxygen atoms in total.